The van der Waals surface area contributed by atoms with Gasteiger partial charge in [0.1, 0.15) is 17.5 Å². The molecule has 42 heavy (non-hydrogen) atoms. The van der Waals surface area contributed by atoms with Crippen LogP contribution in [0.5, 0.6) is 0 Å². The van der Waals surface area contributed by atoms with Crippen molar-refractivity contribution >= 4 is 50.9 Å². The quantitative estimate of drug-likeness (QED) is 0.350. The first-order valence-corrected chi connectivity index (χ1v) is 16.1. The van der Waals surface area contributed by atoms with Crippen molar-refractivity contribution in [2.45, 2.75) is 62.0 Å². The fourth-order valence-corrected chi connectivity index (χ4v) is 7.59. The summed E-state index contributed by atoms with van der Waals surface area (Å²) < 4.78 is 27.1. The molecular formula is C31H31Cl2N3O5S. The Bertz CT molecular complexity index is 1570. The Morgan fingerprint density at radius 1 is 0.905 bits per heavy atom. The predicted molar refractivity (Wildman–Crippen MR) is 161 cm³/mol. The molecule has 0 bridgehead atoms. The summed E-state index contributed by atoms with van der Waals surface area (Å²) in [5.41, 5.74) is 1.22. The molecule has 1 unspecified atom stereocenters. The number of fused-ring (bicyclic) bond motifs is 1. The van der Waals surface area contributed by atoms with E-state index in [1.54, 1.807) is 24.3 Å². The molecule has 11 heteroatoms. The van der Waals surface area contributed by atoms with Crippen LogP contribution in [0.1, 0.15) is 53.6 Å². The van der Waals surface area contributed by atoms with Crippen LogP contribution in [-0.4, -0.2) is 54.0 Å². The second-order valence-electron chi connectivity index (χ2n) is 10.6. The van der Waals surface area contributed by atoms with Gasteiger partial charge in [-0.05, 0) is 42.7 Å². The molecule has 8 nitrogen and oxygen atoms in total. The van der Waals surface area contributed by atoms with Gasteiger partial charge in [-0.15, -0.1) is 0 Å². The fourth-order valence-electron chi connectivity index (χ4n) is 5.55. The van der Waals surface area contributed by atoms with Crippen molar-refractivity contribution in [3.63, 3.8) is 0 Å². The highest BCUT2D eigenvalue weighted by atomic mass is 35.5. The molecule has 0 aromatic heterocycles. The summed E-state index contributed by atoms with van der Waals surface area (Å²) in [6, 6.07) is 19.0. The van der Waals surface area contributed by atoms with Crippen LogP contribution < -0.4 is 5.32 Å². The zero-order chi connectivity index (χ0) is 29.9. The molecule has 1 aliphatic carbocycles. The third-order valence-electron chi connectivity index (χ3n) is 7.80. The minimum absolute atomic E-state index is 0.00174. The van der Waals surface area contributed by atoms with Gasteiger partial charge in [0.05, 0.1) is 5.56 Å². The Labute approximate surface area is 255 Å². The van der Waals surface area contributed by atoms with Crippen LogP contribution >= 0.6 is 23.2 Å². The second kappa shape index (κ2) is 12.9. The van der Waals surface area contributed by atoms with Gasteiger partial charge in [0.25, 0.3) is 15.9 Å². The van der Waals surface area contributed by atoms with Crippen LogP contribution in [0, 0.1) is 0 Å². The molecule has 3 aromatic carbocycles. The molecule has 1 fully saturated rings. The SMILES string of the molecule is O=C(NC1CCCCC1)C(Cc1ccccc1)N(Cc1c(Cl)cccc1Cl)C(=O)CN1C(=O)c2ccccc2S1(=O)=O. The molecule has 0 radical (unpaired) electrons. The standard InChI is InChI=1S/C31H31Cl2N3O5S/c32-25-15-9-16-26(33)24(25)19-35(29(37)20-36-31(39)23-14-7-8-17-28(23)42(36,40)41)27(18-21-10-3-1-4-11-21)30(38)34-22-12-5-2-6-13-22/h1,3-4,7-11,14-17,22,27H,2,5-6,12-13,18-20H2,(H,34,38). The van der Waals surface area contributed by atoms with Crippen LogP contribution in [0.3, 0.4) is 0 Å². The van der Waals surface area contributed by atoms with E-state index in [-0.39, 0.29) is 35.4 Å². The summed E-state index contributed by atoms with van der Waals surface area (Å²) in [4.78, 5) is 42.4. The molecule has 1 aliphatic heterocycles. The van der Waals surface area contributed by atoms with Gasteiger partial charge in [0.15, 0.2) is 0 Å². The van der Waals surface area contributed by atoms with Crippen molar-refractivity contribution in [1.82, 2.24) is 14.5 Å². The third kappa shape index (κ3) is 6.33. The maximum Gasteiger partial charge on any atom is 0.269 e. The van der Waals surface area contributed by atoms with Crippen molar-refractivity contribution in [3.8, 4) is 0 Å². The molecule has 5 rings (SSSR count). The van der Waals surface area contributed by atoms with Crippen LogP contribution in [0.25, 0.3) is 0 Å². The van der Waals surface area contributed by atoms with Crippen LogP contribution in [-0.2, 0) is 32.6 Å². The molecule has 1 N–H and O–H groups in total. The zero-order valence-corrected chi connectivity index (χ0v) is 25.2. The number of rotatable bonds is 9. The first-order chi connectivity index (χ1) is 20.2. The molecule has 3 aromatic rings. The Balaban J connectivity index is 1.52. The average molecular weight is 629 g/mol. The molecule has 0 saturated heterocycles. The van der Waals surface area contributed by atoms with E-state index in [9.17, 15) is 22.8 Å². The number of amides is 3. The Kier molecular flexibility index (Phi) is 9.20. The summed E-state index contributed by atoms with van der Waals surface area (Å²) in [6.45, 7) is -0.943. The molecule has 2 aliphatic rings. The Morgan fingerprint density at radius 3 is 2.21 bits per heavy atom. The van der Waals surface area contributed by atoms with E-state index in [4.69, 9.17) is 23.2 Å². The fraction of sp³-hybridized carbons (Fsp3) is 0.323. The molecular weight excluding hydrogens is 597 g/mol. The Morgan fingerprint density at radius 2 is 1.55 bits per heavy atom. The Hall–Kier alpha value is -3.40. The van der Waals surface area contributed by atoms with Crippen molar-refractivity contribution in [1.29, 1.82) is 0 Å². The molecule has 220 valence electrons. The molecule has 1 heterocycles. The number of hydrogen-bond donors (Lipinski definition) is 1. The lowest BCUT2D eigenvalue weighted by molar-refractivity contribution is -0.141. The van der Waals surface area contributed by atoms with E-state index in [0.717, 1.165) is 37.7 Å². The van der Waals surface area contributed by atoms with E-state index in [1.165, 1.54) is 23.1 Å². The number of benzene rings is 3. The highest BCUT2D eigenvalue weighted by Crippen LogP contribution is 2.31. The third-order valence-corrected chi connectivity index (χ3v) is 10.3. The van der Waals surface area contributed by atoms with Gasteiger partial charge >= 0.3 is 0 Å². The maximum atomic E-state index is 14.1. The summed E-state index contributed by atoms with van der Waals surface area (Å²) >= 11 is 13.0. The highest BCUT2D eigenvalue weighted by Gasteiger charge is 2.43. The lowest BCUT2D eigenvalue weighted by atomic mass is 9.94. The summed E-state index contributed by atoms with van der Waals surface area (Å²) in [7, 11) is -4.26. The van der Waals surface area contributed by atoms with Gasteiger partial charge in [-0.1, -0.05) is 91.0 Å². The zero-order valence-electron chi connectivity index (χ0n) is 22.8. The van der Waals surface area contributed by atoms with Gasteiger partial charge in [0.2, 0.25) is 11.8 Å². The molecule has 3 amide bonds. The van der Waals surface area contributed by atoms with Crippen molar-refractivity contribution in [2.75, 3.05) is 6.54 Å². The van der Waals surface area contributed by atoms with Gasteiger partial charge in [0, 0.05) is 34.6 Å². The smallest absolute Gasteiger partial charge is 0.269 e. The molecule has 0 spiro atoms. The number of carbonyl (C=O) groups excluding carboxylic acids is 3. The highest BCUT2D eigenvalue weighted by molar-refractivity contribution is 7.90. The minimum atomic E-state index is -4.26. The first kappa shape index (κ1) is 30.1. The predicted octanol–water partition coefficient (Wildman–Crippen LogP) is 5.23. The first-order valence-electron chi connectivity index (χ1n) is 13.9. The van der Waals surface area contributed by atoms with Gasteiger partial charge in [-0.3, -0.25) is 14.4 Å². The van der Waals surface area contributed by atoms with Gasteiger partial charge in [-0.25, -0.2) is 12.7 Å². The van der Waals surface area contributed by atoms with Crippen molar-refractivity contribution < 1.29 is 22.8 Å². The van der Waals surface area contributed by atoms with E-state index in [0.29, 0.717) is 19.9 Å². The van der Waals surface area contributed by atoms with E-state index >= 15 is 0 Å². The van der Waals surface area contributed by atoms with Gasteiger partial charge < -0.3 is 10.2 Å². The van der Waals surface area contributed by atoms with Gasteiger partial charge in [-0.2, -0.15) is 0 Å². The second-order valence-corrected chi connectivity index (χ2v) is 13.2. The summed E-state index contributed by atoms with van der Waals surface area (Å²) in [5, 5.41) is 3.72. The number of hydrogen-bond acceptors (Lipinski definition) is 5. The topological polar surface area (TPSA) is 104 Å². The molecule has 1 atom stereocenters. The van der Waals surface area contributed by atoms with Crippen LogP contribution in [0.4, 0.5) is 0 Å². The number of nitrogens with one attached hydrogen (secondary N) is 1. The van der Waals surface area contributed by atoms with E-state index in [1.807, 2.05) is 30.3 Å². The number of sulfonamides is 1. The van der Waals surface area contributed by atoms with Crippen molar-refractivity contribution in [2.24, 2.45) is 0 Å². The van der Waals surface area contributed by atoms with Crippen LogP contribution in [0.15, 0.2) is 77.7 Å². The minimum Gasteiger partial charge on any atom is -0.352 e. The van der Waals surface area contributed by atoms with E-state index < -0.39 is 34.4 Å². The average Bonchev–Trinajstić information content (AvgIpc) is 3.17. The monoisotopic (exact) mass is 627 g/mol. The number of carbonyl (C=O) groups is 3. The van der Waals surface area contributed by atoms with Crippen LogP contribution in [0.2, 0.25) is 10.0 Å². The molecule has 1 saturated carbocycles. The normalized spacial score (nSPS) is 17.0. The largest absolute Gasteiger partial charge is 0.352 e. The van der Waals surface area contributed by atoms with Crippen molar-refractivity contribution in [3.05, 3.63) is 99.5 Å². The lowest BCUT2D eigenvalue weighted by Crippen LogP contribution is -2.55. The van der Waals surface area contributed by atoms with E-state index in [2.05, 4.69) is 5.32 Å². The maximum absolute atomic E-state index is 14.1. The lowest BCUT2D eigenvalue weighted by Gasteiger charge is -2.34. The summed E-state index contributed by atoms with van der Waals surface area (Å²) in [5.74, 6) is -1.88. The number of halogens is 2. The summed E-state index contributed by atoms with van der Waals surface area (Å²) in [6.07, 6.45) is 4.95. The number of nitrogens with zero attached hydrogens (tertiary/aromatic N) is 2.